The van der Waals surface area contributed by atoms with Crippen LogP contribution in [0.25, 0.3) is 0 Å². The molecule has 0 radical (unpaired) electrons. The first-order chi connectivity index (χ1) is 16.5. The lowest BCUT2D eigenvalue weighted by Gasteiger charge is -2.34. The second kappa shape index (κ2) is 10.9. The molecule has 2 fully saturated rings. The molecule has 2 amide bonds. The number of amides is 2. The molecule has 34 heavy (non-hydrogen) atoms. The van der Waals surface area contributed by atoms with Crippen LogP contribution in [0.2, 0.25) is 0 Å². The van der Waals surface area contributed by atoms with E-state index in [1.807, 2.05) is 19.1 Å². The highest BCUT2D eigenvalue weighted by Gasteiger charge is 2.43. The third-order valence-corrected chi connectivity index (χ3v) is 6.91. The maximum Gasteiger partial charge on any atom is 0.251 e. The number of benzene rings is 2. The zero-order valence-electron chi connectivity index (χ0n) is 20.3. The summed E-state index contributed by atoms with van der Waals surface area (Å²) >= 11 is 0. The summed E-state index contributed by atoms with van der Waals surface area (Å²) < 4.78 is 16.2. The lowest BCUT2D eigenvalue weighted by molar-refractivity contribution is -0.123. The number of carbonyl (C=O) groups excluding carboxylic acids is 2. The van der Waals surface area contributed by atoms with Crippen LogP contribution in [0.4, 0.5) is 5.69 Å². The molecule has 2 heterocycles. The van der Waals surface area contributed by atoms with Crippen LogP contribution in [-0.2, 0) is 16.0 Å². The van der Waals surface area contributed by atoms with E-state index in [9.17, 15) is 9.59 Å². The van der Waals surface area contributed by atoms with Crippen molar-refractivity contribution in [2.45, 2.75) is 45.1 Å². The monoisotopic (exact) mass is 466 g/mol. The van der Waals surface area contributed by atoms with Crippen LogP contribution in [0, 0.1) is 5.92 Å². The van der Waals surface area contributed by atoms with Crippen LogP contribution in [-0.4, -0.2) is 56.7 Å². The zero-order chi connectivity index (χ0) is 24.1. The van der Waals surface area contributed by atoms with E-state index in [1.54, 1.807) is 38.5 Å². The minimum atomic E-state index is -0.356. The van der Waals surface area contributed by atoms with Gasteiger partial charge in [0.05, 0.1) is 39.0 Å². The standard InChI is InChI=1S/C27H34N2O5/c1-4-34-22-10-8-21(9-11-22)29-26(30)18-23(27(29)31)28-15-13-19(14-16-28)5-6-20-7-12-24(32-2)25(17-20)33-3/h7-12,17,19,23H,4-6,13-16,18H2,1-3H3. The van der Waals surface area contributed by atoms with E-state index in [1.165, 1.54) is 10.5 Å². The fourth-order valence-corrected chi connectivity index (χ4v) is 4.99. The summed E-state index contributed by atoms with van der Waals surface area (Å²) in [4.78, 5) is 29.4. The first-order valence-corrected chi connectivity index (χ1v) is 12.1. The maximum absolute atomic E-state index is 13.1. The number of piperidine rings is 1. The van der Waals surface area contributed by atoms with Crippen molar-refractivity contribution >= 4 is 17.5 Å². The molecule has 4 rings (SSSR count). The number of anilines is 1. The normalized spacial score (nSPS) is 19.5. The summed E-state index contributed by atoms with van der Waals surface area (Å²) in [6, 6.07) is 12.9. The smallest absolute Gasteiger partial charge is 0.251 e. The van der Waals surface area contributed by atoms with Gasteiger partial charge in [-0.1, -0.05) is 6.07 Å². The first kappa shape index (κ1) is 24.1. The van der Waals surface area contributed by atoms with E-state index in [4.69, 9.17) is 14.2 Å². The topological polar surface area (TPSA) is 68.3 Å². The number of likely N-dealkylation sites (tertiary alicyclic amines) is 1. The Morgan fingerprint density at radius 2 is 1.65 bits per heavy atom. The number of hydrogen-bond donors (Lipinski definition) is 0. The summed E-state index contributed by atoms with van der Waals surface area (Å²) in [5, 5.41) is 0. The summed E-state index contributed by atoms with van der Waals surface area (Å²) in [5.74, 6) is 2.61. The molecule has 0 saturated carbocycles. The molecule has 0 N–H and O–H groups in total. The Hall–Kier alpha value is -3.06. The van der Waals surface area contributed by atoms with Crippen molar-refractivity contribution in [1.82, 2.24) is 4.90 Å². The molecule has 2 aromatic carbocycles. The summed E-state index contributed by atoms with van der Waals surface area (Å²) in [5.41, 5.74) is 1.86. The highest BCUT2D eigenvalue weighted by Crippen LogP contribution is 2.32. The Kier molecular flexibility index (Phi) is 7.73. The number of rotatable bonds is 9. The largest absolute Gasteiger partial charge is 0.494 e. The first-order valence-electron chi connectivity index (χ1n) is 12.1. The van der Waals surface area contributed by atoms with Gasteiger partial charge in [-0.05, 0) is 93.6 Å². The van der Waals surface area contributed by atoms with Gasteiger partial charge in [0, 0.05) is 0 Å². The van der Waals surface area contributed by atoms with Gasteiger partial charge in [0.1, 0.15) is 5.75 Å². The highest BCUT2D eigenvalue weighted by atomic mass is 16.5. The molecule has 7 nitrogen and oxygen atoms in total. The Morgan fingerprint density at radius 3 is 2.29 bits per heavy atom. The molecule has 0 aliphatic carbocycles. The average Bonchev–Trinajstić information content (AvgIpc) is 3.17. The molecule has 0 aromatic heterocycles. The highest BCUT2D eigenvalue weighted by molar-refractivity contribution is 6.22. The molecule has 0 spiro atoms. The molecular weight excluding hydrogens is 432 g/mol. The van der Waals surface area contributed by atoms with Gasteiger partial charge in [0.15, 0.2) is 11.5 Å². The van der Waals surface area contributed by atoms with Crippen LogP contribution in [0.5, 0.6) is 17.2 Å². The van der Waals surface area contributed by atoms with Crippen molar-refractivity contribution in [3.8, 4) is 17.2 Å². The molecule has 2 aliphatic heterocycles. The van der Waals surface area contributed by atoms with E-state index >= 15 is 0 Å². The van der Waals surface area contributed by atoms with Gasteiger partial charge in [-0.25, -0.2) is 4.90 Å². The molecule has 2 aliphatic rings. The Labute approximate surface area is 201 Å². The summed E-state index contributed by atoms with van der Waals surface area (Å²) in [7, 11) is 3.30. The average molecular weight is 467 g/mol. The quantitative estimate of drug-likeness (QED) is 0.519. The third-order valence-electron chi connectivity index (χ3n) is 6.91. The van der Waals surface area contributed by atoms with E-state index in [0.29, 0.717) is 18.2 Å². The number of ether oxygens (including phenoxy) is 3. The molecule has 1 atom stereocenters. The van der Waals surface area contributed by atoms with Gasteiger partial charge in [-0.2, -0.15) is 0 Å². The van der Waals surface area contributed by atoms with Crippen LogP contribution in [0.15, 0.2) is 42.5 Å². The van der Waals surface area contributed by atoms with Crippen molar-refractivity contribution in [3.63, 3.8) is 0 Å². The maximum atomic E-state index is 13.1. The lowest BCUT2D eigenvalue weighted by Crippen LogP contribution is -2.46. The van der Waals surface area contributed by atoms with Crippen molar-refractivity contribution in [2.75, 3.05) is 38.8 Å². The zero-order valence-corrected chi connectivity index (χ0v) is 20.3. The fourth-order valence-electron chi connectivity index (χ4n) is 4.99. The van der Waals surface area contributed by atoms with E-state index in [0.717, 1.165) is 56.0 Å². The van der Waals surface area contributed by atoms with Gasteiger partial charge in [0.2, 0.25) is 5.91 Å². The van der Waals surface area contributed by atoms with Crippen molar-refractivity contribution in [3.05, 3.63) is 48.0 Å². The Balaban J connectivity index is 1.30. The van der Waals surface area contributed by atoms with Gasteiger partial charge < -0.3 is 14.2 Å². The van der Waals surface area contributed by atoms with Crippen LogP contribution in [0.3, 0.4) is 0 Å². The summed E-state index contributed by atoms with van der Waals surface area (Å²) in [6.07, 6.45) is 4.40. The molecule has 1 unspecified atom stereocenters. The molecule has 0 bridgehead atoms. The number of nitrogens with zero attached hydrogens (tertiary/aromatic N) is 2. The van der Waals surface area contributed by atoms with Crippen molar-refractivity contribution < 1.29 is 23.8 Å². The van der Waals surface area contributed by atoms with E-state index in [2.05, 4.69) is 11.0 Å². The van der Waals surface area contributed by atoms with E-state index < -0.39 is 0 Å². The number of hydrogen-bond acceptors (Lipinski definition) is 6. The predicted molar refractivity (Wildman–Crippen MR) is 131 cm³/mol. The number of aryl methyl sites for hydroxylation is 1. The fraction of sp³-hybridized carbons (Fsp3) is 0.481. The molecular formula is C27H34N2O5. The van der Waals surface area contributed by atoms with Gasteiger partial charge in [-0.15, -0.1) is 0 Å². The van der Waals surface area contributed by atoms with Crippen molar-refractivity contribution in [2.24, 2.45) is 5.92 Å². The second-order valence-corrected chi connectivity index (χ2v) is 8.92. The Bertz CT molecular complexity index is 999. The predicted octanol–water partition coefficient (Wildman–Crippen LogP) is 4.08. The SMILES string of the molecule is CCOc1ccc(N2C(=O)CC(N3CCC(CCc4ccc(OC)c(OC)c4)CC3)C2=O)cc1. The van der Waals surface area contributed by atoms with Crippen LogP contribution < -0.4 is 19.1 Å². The number of imide groups is 1. The van der Waals surface area contributed by atoms with Gasteiger partial charge in [-0.3, -0.25) is 14.5 Å². The van der Waals surface area contributed by atoms with Gasteiger partial charge >= 0.3 is 0 Å². The van der Waals surface area contributed by atoms with Crippen LogP contribution in [0.1, 0.15) is 38.2 Å². The van der Waals surface area contributed by atoms with Crippen LogP contribution >= 0.6 is 0 Å². The number of carbonyl (C=O) groups is 2. The molecule has 2 aromatic rings. The third kappa shape index (κ3) is 5.20. The molecule has 7 heteroatoms. The molecule has 2 saturated heterocycles. The Morgan fingerprint density at radius 1 is 0.941 bits per heavy atom. The second-order valence-electron chi connectivity index (χ2n) is 8.92. The lowest BCUT2D eigenvalue weighted by atomic mass is 9.89. The minimum absolute atomic E-state index is 0.113. The molecule has 182 valence electrons. The van der Waals surface area contributed by atoms with E-state index in [-0.39, 0.29) is 24.3 Å². The minimum Gasteiger partial charge on any atom is -0.494 e. The van der Waals surface area contributed by atoms with Gasteiger partial charge in [0.25, 0.3) is 5.91 Å². The van der Waals surface area contributed by atoms with Crippen molar-refractivity contribution in [1.29, 1.82) is 0 Å². The summed E-state index contributed by atoms with van der Waals surface area (Å²) in [6.45, 7) is 4.19. The number of methoxy groups -OCH3 is 2.